The minimum atomic E-state index is -0.793. The van der Waals surface area contributed by atoms with Crippen LogP contribution in [0.5, 0.6) is 0 Å². The number of benzene rings is 3. The Morgan fingerprint density at radius 1 is 0.809 bits per heavy atom. The molecule has 2 amide bonds. The van der Waals surface area contributed by atoms with Crippen molar-refractivity contribution in [3.8, 4) is 0 Å². The van der Waals surface area contributed by atoms with Gasteiger partial charge in [0.15, 0.2) is 0 Å². The van der Waals surface area contributed by atoms with Crippen LogP contribution in [0.1, 0.15) is 50.3 Å². The number of carbonyl (C=O) groups excluding carboxylic acids is 2. The van der Waals surface area contributed by atoms with Crippen molar-refractivity contribution in [3.05, 3.63) is 108 Å². The van der Waals surface area contributed by atoms with Gasteiger partial charge in [-0.2, -0.15) is 0 Å². The summed E-state index contributed by atoms with van der Waals surface area (Å²) >= 11 is 4.64. The summed E-state index contributed by atoms with van der Waals surface area (Å²) in [5.41, 5.74) is 9.31. The molecule has 3 aliphatic carbocycles. The summed E-state index contributed by atoms with van der Waals surface area (Å²) in [6.45, 7) is 6.93. The van der Waals surface area contributed by atoms with Crippen molar-refractivity contribution >= 4 is 30.5 Å². The minimum absolute atomic E-state index is 0.0728. The Morgan fingerprint density at radius 3 is 1.89 bits per heavy atom. The highest BCUT2D eigenvalue weighted by atomic mass is 35.5. The Hall–Kier alpha value is -3.17. The third-order valence-corrected chi connectivity index (χ3v) is 10.7. The molecule has 9 heteroatoms. The monoisotopic (exact) mass is 657 g/mol. The number of carbonyl (C=O) groups is 2. The second-order valence-corrected chi connectivity index (χ2v) is 14.1. The van der Waals surface area contributed by atoms with Crippen molar-refractivity contribution in [1.29, 1.82) is 0 Å². The van der Waals surface area contributed by atoms with Gasteiger partial charge in [0.25, 0.3) is 0 Å². The van der Waals surface area contributed by atoms with Crippen molar-refractivity contribution in [2.45, 2.75) is 89.0 Å². The average molecular weight is 658 g/mol. The van der Waals surface area contributed by atoms with Gasteiger partial charge >= 0.3 is 7.12 Å². The third-order valence-electron chi connectivity index (χ3n) is 10.7. The smallest absolute Gasteiger partial charge is 0.405 e. The quantitative estimate of drug-likeness (QED) is 0.174. The second kappa shape index (κ2) is 15.4. The lowest BCUT2D eigenvalue weighted by atomic mass is 9.43. The highest BCUT2D eigenvalue weighted by molar-refractivity contribution is 6.45. The van der Waals surface area contributed by atoms with Gasteiger partial charge in [0, 0.05) is 25.2 Å². The lowest BCUT2D eigenvalue weighted by Gasteiger charge is -2.64. The molecule has 7 rings (SSSR count). The Bertz CT molecular complexity index is 1460. The number of amides is 2. The van der Waals surface area contributed by atoms with E-state index in [1.54, 1.807) is 0 Å². The SMILES string of the molecule is CC1(C)C2CC3OB(CC(Cc4ccccc4)NC(=O)C(Cc4ccccc4)NC(=O)C(N)Cc4ccccc4)O[C@]3(C)C1C2.CCl. The van der Waals surface area contributed by atoms with Crippen molar-refractivity contribution in [2.24, 2.45) is 23.0 Å². The molecule has 1 saturated heterocycles. The summed E-state index contributed by atoms with van der Waals surface area (Å²) in [6.07, 6.45) is 5.62. The zero-order valence-electron chi connectivity index (χ0n) is 28.0. The molecule has 3 aromatic rings. The molecular formula is C38H49BClN3O4. The molecular weight excluding hydrogens is 609 g/mol. The fraction of sp³-hybridized carbons (Fsp3) is 0.474. The van der Waals surface area contributed by atoms with E-state index in [2.05, 4.69) is 55.1 Å². The number of hydrogen-bond donors (Lipinski definition) is 3. The topological polar surface area (TPSA) is 103 Å². The van der Waals surface area contributed by atoms with Crippen LogP contribution in [0.15, 0.2) is 91.0 Å². The molecule has 0 aromatic heterocycles. The summed E-state index contributed by atoms with van der Waals surface area (Å²) < 4.78 is 13.3. The lowest BCUT2D eigenvalue weighted by molar-refractivity contribution is -0.199. The lowest BCUT2D eigenvalue weighted by Crippen LogP contribution is -2.65. The zero-order chi connectivity index (χ0) is 33.6. The normalized spacial score (nSPS) is 25.6. The van der Waals surface area contributed by atoms with Gasteiger partial charge in [-0.25, -0.2) is 0 Å². The predicted molar refractivity (Wildman–Crippen MR) is 189 cm³/mol. The van der Waals surface area contributed by atoms with Crippen LogP contribution in [0.25, 0.3) is 0 Å². The van der Waals surface area contributed by atoms with Crippen LogP contribution in [0.2, 0.25) is 6.32 Å². The van der Waals surface area contributed by atoms with E-state index in [-0.39, 0.29) is 35.0 Å². The number of halogens is 1. The molecule has 6 unspecified atom stereocenters. The van der Waals surface area contributed by atoms with E-state index in [1.807, 2.05) is 78.9 Å². The molecule has 7 atom stereocenters. The van der Waals surface area contributed by atoms with Gasteiger partial charge < -0.3 is 25.7 Å². The largest absolute Gasteiger partial charge is 0.459 e. The maximum absolute atomic E-state index is 14.0. The fourth-order valence-corrected chi connectivity index (χ4v) is 7.98. The fourth-order valence-electron chi connectivity index (χ4n) is 7.98. The van der Waals surface area contributed by atoms with Crippen LogP contribution in [-0.4, -0.2) is 55.1 Å². The van der Waals surface area contributed by atoms with Crippen molar-refractivity contribution in [2.75, 3.05) is 6.38 Å². The second-order valence-electron chi connectivity index (χ2n) is 14.1. The maximum atomic E-state index is 14.0. The first-order valence-electron chi connectivity index (χ1n) is 16.8. The van der Waals surface area contributed by atoms with Gasteiger partial charge in [0.05, 0.1) is 17.7 Å². The van der Waals surface area contributed by atoms with Crippen LogP contribution in [0.4, 0.5) is 0 Å². The highest BCUT2D eigenvalue weighted by Gasteiger charge is 2.67. The first-order valence-corrected chi connectivity index (χ1v) is 17.6. The molecule has 47 heavy (non-hydrogen) atoms. The molecule has 1 heterocycles. The molecule has 0 spiro atoms. The minimum Gasteiger partial charge on any atom is -0.405 e. The molecule has 4 N–H and O–H groups in total. The van der Waals surface area contributed by atoms with Gasteiger partial charge in [-0.15, -0.1) is 11.6 Å². The molecule has 1 aliphatic heterocycles. The summed E-state index contributed by atoms with van der Waals surface area (Å²) in [4.78, 5) is 27.4. The molecule has 3 saturated carbocycles. The van der Waals surface area contributed by atoms with E-state index in [0.29, 0.717) is 37.4 Å². The first kappa shape index (κ1) is 35.2. The van der Waals surface area contributed by atoms with E-state index in [1.165, 1.54) is 12.8 Å². The summed E-state index contributed by atoms with van der Waals surface area (Å²) in [5.74, 6) is 0.533. The van der Waals surface area contributed by atoms with E-state index in [0.717, 1.165) is 23.1 Å². The van der Waals surface area contributed by atoms with E-state index in [9.17, 15) is 9.59 Å². The molecule has 4 aliphatic rings. The Balaban J connectivity index is 0.00000213. The van der Waals surface area contributed by atoms with E-state index in [4.69, 9.17) is 15.0 Å². The number of nitrogens with two attached hydrogens (primary N) is 1. The van der Waals surface area contributed by atoms with Crippen LogP contribution in [0, 0.1) is 17.3 Å². The van der Waals surface area contributed by atoms with Gasteiger partial charge in [-0.3, -0.25) is 9.59 Å². The standard InChI is InChI=1S/C37H46BN3O4.CH3Cl/c1-36(2)28-22-32(36)37(3)33(23-28)44-38(45-37)24-29(19-25-13-7-4-8-14-25)40-35(43)31(21-27-17-11-6-12-18-27)41-34(42)30(39)20-26-15-9-5-10-16-26;1-2/h4-18,28-33H,19-24,39H2,1-3H3,(H,40,43)(H,41,42);1H3/t28?,29?,30?,31?,32?,33?,37-;/m1./s1. The van der Waals surface area contributed by atoms with Crippen molar-refractivity contribution < 1.29 is 18.9 Å². The first-order chi connectivity index (χ1) is 22.6. The maximum Gasteiger partial charge on any atom is 0.459 e. The Labute approximate surface area is 285 Å². The number of hydrogen-bond acceptors (Lipinski definition) is 5. The summed E-state index contributed by atoms with van der Waals surface area (Å²) in [5, 5.41) is 6.26. The Morgan fingerprint density at radius 2 is 1.34 bits per heavy atom. The van der Waals surface area contributed by atoms with E-state index >= 15 is 0 Å². The van der Waals surface area contributed by atoms with Crippen LogP contribution < -0.4 is 16.4 Å². The average Bonchev–Trinajstić information content (AvgIpc) is 3.42. The van der Waals surface area contributed by atoms with Gasteiger partial charge in [0.1, 0.15) is 6.04 Å². The van der Waals surface area contributed by atoms with Crippen molar-refractivity contribution in [1.82, 2.24) is 10.6 Å². The molecule has 4 fully saturated rings. The van der Waals surface area contributed by atoms with E-state index < -0.39 is 19.2 Å². The number of alkyl halides is 1. The molecule has 2 bridgehead atoms. The molecule has 3 aromatic carbocycles. The number of nitrogens with one attached hydrogen (secondary N) is 2. The summed E-state index contributed by atoms with van der Waals surface area (Å²) in [7, 11) is -0.411. The molecule has 250 valence electrons. The number of rotatable bonds is 12. The Kier molecular flexibility index (Phi) is 11.5. The zero-order valence-corrected chi connectivity index (χ0v) is 28.8. The molecule has 0 radical (unpaired) electrons. The summed E-state index contributed by atoms with van der Waals surface area (Å²) in [6, 6.07) is 27.7. The predicted octanol–water partition coefficient (Wildman–Crippen LogP) is 5.59. The third kappa shape index (κ3) is 8.11. The van der Waals surface area contributed by atoms with Crippen molar-refractivity contribution in [3.63, 3.8) is 0 Å². The van der Waals surface area contributed by atoms with Crippen LogP contribution in [-0.2, 0) is 38.2 Å². The van der Waals surface area contributed by atoms with Gasteiger partial charge in [-0.05, 0) is 66.5 Å². The highest BCUT2D eigenvalue weighted by Crippen LogP contribution is 2.65. The van der Waals surface area contributed by atoms with Gasteiger partial charge in [-0.1, -0.05) is 105 Å². The van der Waals surface area contributed by atoms with Gasteiger partial charge in [0.2, 0.25) is 11.8 Å². The van der Waals surface area contributed by atoms with Crippen LogP contribution in [0.3, 0.4) is 0 Å². The van der Waals surface area contributed by atoms with Crippen LogP contribution >= 0.6 is 11.6 Å². The molecule has 7 nitrogen and oxygen atoms in total.